The fourth-order valence-corrected chi connectivity index (χ4v) is 13.2. The summed E-state index contributed by atoms with van der Waals surface area (Å²) in [5, 5.41) is 10.6. The number of aliphatic hydroxyl groups is 1. The molecule has 0 aromatic heterocycles. The number of phosphoric acid groups is 2. The molecule has 3 N–H and O–H groups in total. The maximum Gasteiger partial charge on any atom is 0.472 e. The second kappa shape index (κ2) is 76.0. The largest absolute Gasteiger partial charge is 0.472 e. The SMILES string of the molecule is CCCCC/C=C\C/C=C\C/C=C\C/C=C\CCCC(=O)OC[C@H](COP(=O)(O)OC[C@@H](O)COP(=O)(O)OC[C@@H](COC(=O)CCCCCCCCCCCCCCCCCCC)OC(=O)CCCCCCC/C=C\CCCCCCCC)OC(=O)CCCCCCCCCCCCCCC. The van der Waals surface area contributed by atoms with Gasteiger partial charge in [0, 0.05) is 25.7 Å². The van der Waals surface area contributed by atoms with Crippen LogP contribution in [0.3, 0.4) is 0 Å². The molecule has 0 spiro atoms. The van der Waals surface area contributed by atoms with E-state index in [9.17, 15) is 43.2 Å². The summed E-state index contributed by atoms with van der Waals surface area (Å²) in [5.41, 5.74) is 0. The third-order valence-corrected chi connectivity index (χ3v) is 19.9. The van der Waals surface area contributed by atoms with Gasteiger partial charge in [-0.25, -0.2) is 9.13 Å². The fourth-order valence-electron chi connectivity index (χ4n) is 11.6. The molecule has 0 aromatic rings. The van der Waals surface area contributed by atoms with Crippen LogP contribution in [0, 0.1) is 0 Å². The Labute approximate surface area is 622 Å². The first-order valence-corrected chi connectivity index (χ1v) is 44.5. The van der Waals surface area contributed by atoms with Crippen molar-refractivity contribution in [2.45, 2.75) is 406 Å². The van der Waals surface area contributed by atoms with Gasteiger partial charge >= 0.3 is 39.5 Å². The van der Waals surface area contributed by atoms with Crippen molar-refractivity contribution in [3.63, 3.8) is 0 Å². The number of hydrogen-bond acceptors (Lipinski definition) is 15. The summed E-state index contributed by atoms with van der Waals surface area (Å²) < 4.78 is 68.6. The van der Waals surface area contributed by atoms with Gasteiger partial charge in [0.2, 0.25) is 0 Å². The summed E-state index contributed by atoms with van der Waals surface area (Å²) in [6, 6.07) is 0. The lowest BCUT2D eigenvalue weighted by atomic mass is 10.0. The summed E-state index contributed by atoms with van der Waals surface area (Å²) in [7, 11) is -9.96. The first-order valence-electron chi connectivity index (χ1n) is 41.5. The van der Waals surface area contributed by atoms with Gasteiger partial charge in [-0.3, -0.25) is 37.3 Å². The maximum absolute atomic E-state index is 13.1. The summed E-state index contributed by atoms with van der Waals surface area (Å²) in [4.78, 5) is 73.0. The van der Waals surface area contributed by atoms with E-state index in [1.165, 1.54) is 193 Å². The minimum Gasteiger partial charge on any atom is -0.462 e. The van der Waals surface area contributed by atoms with E-state index < -0.39 is 97.5 Å². The summed E-state index contributed by atoms with van der Waals surface area (Å²) >= 11 is 0. The summed E-state index contributed by atoms with van der Waals surface area (Å²) in [5.74, 6) is -2.21. The Kier molecular flexibility index (Phi) is 73.6. The molecule has 0 saturated heterocycles. The lowest BCUT2D eigenvalue weighted by Gasteiger charge is -2.21. The molecular weight excluding hydrogens is 1330 g/mol. The highest BCUT2D eigenvalue weighted by Gasteiger charge is 2.30. The average Bonchev–Trinajstić information content (AvgIpc) is 0.908. The van der Waals surface area contributed by atoms with Crippen LogP contribution in [0.5, 0.6) is 0 Å². The van der Waals surface area contributed by atoms with Crippen molar-refractivity contribution in [1.82, 2.24) is 0 Å². The van der Waals surface area contributed by atoms with Gasteiger partial charge in [-0.05, 0) is 89.9 Å². The quantitative estimate of drug-likeness (QED) is 0.0169. The molecule has 0 fully saturated rings. The molecule has 596 valence electrons. The normalized spacial score (nSPS) is 14.1. The molecule has 0 rings (SSSR count). The van der Waals surface area contributed by atoms with Crippen molar-refractivity contribution < 1.29 is 80.2 Å². The predicted octanol–water partition coefficient (Wildman–Crippen LogP) is 24.2. The van der Waals surface area contributed by atoms with Crippen molar-refractivity contribution in [3.8, 4) is 0 Å². The smallest absolute Gasteiger partial charge is 0.462 e. The maximum atomic E-state index is 13.1. The van der Waals surface area contributed by atoms with Crippen LogP contribution in [0.4, 0.5) is 0 Å². The monoisotopic (exact) mass is 1480 g/mol. The molecule has 5 atom stereocenters. The zero-order valence-corrected chi connectivity index (χ0v) is 67.1. The minimum atomic E-state index is -4.98. The van der Waals surface area contributed by atoms with Crippen molar-refractivity contribution in [3.05, 3.63) is 60.8 Å². The zero-order chi connectivity index (χ0) is 74.6. The molecule has 0 aliphatic rings. The summed E-state index contributed by atoms with van der Waals surface area (Å²) in [6.45, 7) is 4.86. The second-order valence-electron chi connectivity index (χ2n) is 28.1. The number of rotatable bonds is 79. The van der Waals surface area contributed by atoms with E-state index in [-0.39, 0.29) is 25.7 Å². The molecule has 0 bridgehead atoms. The molecule has 0 aliphatic heterocycles. The van der Waals surface area contributed by atoms with Gasteiger partial charge in [-0.1, -0.05) is 332 Å². The number of esters is 4. The number of hydrogen-bond donors (Lipinski definition) is 3. The van der Waals surface area contributed by atoms with Gasteiger partial charge < -0.3 is 33.8 Å². The van der Waals surface area contributed by atoms with Crippen LogP contribution < -0.4 is 0 Å². The minimum absolute atomic E-state index is 0.0895. The van der Waals surface area contributed by atoms with Crippen molar-refractivity contribution in [2.75, 3.05) is 39.6 Å². The Morgan fingerprint density at radius 3 is 0.804 bits per heavy atom. The van der Waals surface area contributed by atoms with Crippen molar-refractivity contribution >= 4 is 39.5 Å². The van der Waals surface area contributed by atoms with Gasteiger partial charge in [0.1, 0.15) is 19.3 Å². The number of allylic oxidation sites excluding steroid dienone is 10. The van der Waals surface area contributed by atoms with Gasteiger partial charge in [0.05, 0.1) is 26.4 Å². The topological polar surface area (TPSA) is 237 Å². The van der Waals surface area contributed by atoms with Crippen molar-refractivity contribution in [2.24, 2.45) is 0 Å². The second-order valence-corrected chi connectivity index (χ2v) is 31.0. The van der Waals surface area contributed by atoms with E-state index in [0.29, 0.717) is 32.1 Å². The first-order chi connectivity index (χ1) is 49.7. The van der Waals surface area contributed by atoms with Gasteiger partial charge in [0.15, 0.2) is 12.2 Å². The van der Waals surface area contributed by atoms with Crippen LogP contribution >= 0.6 is 15.6 Å². The number of unbranched alkanes of at least 4 members (excludes halogenated alkanes) is 43. The first kappa shape index (κ1) is 98.8. The third kappa shape index (κ3) is 75.0. The van der Waals surface area contributed by atoms with E-state index in [4.69, 9.17) is 37.0 Å². The highest BCUT2D eigenvalue weighted by atomic mass is 31.2. The number of carbonyl (C=O) groups is 4. The Morgan fingerprint density at radius 2 is 0.490 bits per heavy atom. The van der Waals surface area contributed by atoms with E-state index in [1.807, 2.05) is 12.2 Å². The fraction of sp³-hybridized carbons (Fsp3) is 0.831. The lowest BCUT2D eigenvalue weighted by Crippen LogP contribution is -2.30. The van der Waals surface area contributed by atoms with Gasteiger partial charge in [0.25, 0.3) is 0 Å². The molecule has 0 radical (unpaired) electrons. The zero-order valence-electron chi connectivity index (χ0n) is 65.3. The van der Waals surface area contributed by atoms with Crippen LogP contribution in [-0.4, -0.2) is 96.7 Å². The molecule has 0 heterocycles. The molecule has 0 saturated carbocycles. The number of aliphatic hydroxyl groups excluding tert-OH is 1. The van der Waals surface area contributed by atoms with Crippen molar-refractivity contribution in [1.29, 1.82) is 0 Å². The van der Waals surface area contributed by atoms with Gasteiger partial charge in [-0.2, -0.15) is 0 Å². The number of ether oxygens (including phenoxy) is 4. The van der Waals surface area contributed by atoms with Crippen LogP contribution in [-0.2, 0) is 65.4 Å². The molecular formula is C83H152O17P2. The molecule has 102 heavy (non-hydrogen) atoms. The van der Waals surface area contributed by atoms with Crippen LogP contribution in [0.15, 0.2) is 60.8 Å². The molecule has 19 heteroatoms. The van der Waals surface area contributed by atoms with Crippen LogP contribution in [0.2, 0.25) is 0 Å². The van der Waals surface area contributed by atoms with E-state index in [1.54, 1.807) is 0 Å². The Balaban J connectivity index is 5.35. The Hall–Kier alpha value is -3.24. The van der Waals surface area contributed by atoms with E-state index >= 15 is 0 Å². The third-order valence-electron chi connectivity index (χ3n) is 18.0. The van der Waals surface area contributed by atoms with Crippen LogP contribution in [0.25, 0.3) is 0 Å². The van der Waals surface area contributed by atoms with Crippen LogP contribution in [0.1, 0.15) is 387 Å². The molecule has 17 nitrogen and oxygen atoms in total. The molecule has 0 aliphatic carbocycles. The predicted molar refractivity (Wildman–Crippen MR) is 418 cm³/mol. The molecule has 0 amide bonds. The summed E-state index contributed by atoms with van der Waals surface area (Å²) in [6.07, 6.45) is 76.3. The Morgan fingerprint density at radius 1 is 0.275 bits per heavy atom. The standard InChI is InChI=1S/C83H152O17P2/c1-5-9-13-17-21-25-29-33-36-38-41-44-47-51-55-59-63-67-80(85)93-73-78(99-82(87)69-65-61-57-53-49-43-32-28-24-20-16-12-8-4)75-97-101(89,90)95-71-77(84)72-96-102(91,92)98-76-79(100-83(88)70-66-62-58-54-50-46-40-35-31-27-23-19-15-11-7-3)74-94-81(86)68-64-60-56-52-48-45-42-39-37-34-30-26-22-18-14-10-6-2/h21,25,33,35-36,40-41,44,51,55,77-79,84H,5-20,22-24,26-32,34,37-39,42-43,45-50,52-54,56-76H2,1-4H3,(H,89,90)(H,91,92)/b25-21-,36-33-,40-35-,44-41-,55-51-/t77-,78-,79-/m1/s1. The number of carbonyl (C=O) groups excluding carboxylic acids is 4. The average molecular weight is 1480 g/mol. The Bertz CT molecular complexity index is 2170. The van der Waals surface area contributed by atoms with E-state index in [0.717, 1.165) is 109 Å². The van der Waals surface area contributed by atoms with Gasteiger partial charge in [-0.15, -0.1) is 0 Å². The molecule has 0 aromatic carbocycles. The number of phosphoric ester groups is 2. The lowest BCUT2D eigenvalue weighted by molar-refractivity contribution is -0.161. The molecule has 2 unspecified atom stereocenters. The van der Waals surface area contributed by atoms with E-state index in [2.05, 4.69) is 76.3 Å². The highest BCUT2D eigenvalue weighted by molar-refractivity contribution is 7.47. The highest BCUT2D eigenvalue weighted by Crippen LogP contribution is 2.45.